The molecular formula is C16H16N2O3S. The summed E-state index contributed by atoms with van der Waals surface area (Å²) in [6.07, 6.45) is 1.17. The molecule has 0 saturated heterocycles. The SMILES string of the molecule is [2H]C([2H])([2H])C([2H])([2H])n1c(=O)ccc2c1ccn2S(=O)(=O)c1ccc(C)cc1. The quantitative estimate of drug-likeness (QED) is 0.744. The van der Waals surface area contributed by atoms with Crippen molar-refractivity contribution in [2.45, 2.75) is 25.2 Å². The van der Waals surface area contributed by atoms with Gasteiger partial charge in [0.1, 0.15) is 0 Å². The van der Waals surface area contributed by atoms with Gasteiger partial charge in [0.05, 0.1) is 15.9 Å². The first-order valence-electron chi connectivity index (χ1n) is 8.93. The number of aryl methyl sites for hydroxylation is 2. The normalized spacial score (nSPS) is 16.5. The van der Waals surface area contributed by atoms with E-state index in [4.69, 9.17) is 6.85 Å². The average molecular weight is 321 g/mol. The number of fused-ring (bicyclic) bond motifs is 1. The smallest absolute Gasteiger partial charge is 0.268 e. The van der Waals surface area contributed by atoms with Gasteiger partial charge in [-0.05, 0) is 38.0 Å². The summed E-state index contributed by atoms with van der Waals surface area (Å²) in [5, 5.41) is 0. The molecule has 0 atom stereocenters. The van der Waals surface area contributed by atoms with Gasteiger partial charge in [0, 0.05) is 25.6 Å². The van der Waals surface area contributed by atoms with E-state index >= 15 is 0 Å². The lowest BCUT2D eigenvalue weighted by molar-refractivity contribution is 0.589. The van der Waals surface area contributed by atoms with Crippen molar-refractivity contribution in [1.82, 2.24) is 8.54 Å². The fourth-order valence-electron chi connectivity index (χ4n) is 2.26. The minimum atomic E-state index is -4.01. The maximum Gasteiger partial charge on any atom is 0.268 e. The topological polar surface area (TPSA) is 61.1 Å². The number of hydrogen-bond donors (Lipinski definition) is 0. The largest absolute Gasteiger partial charge is 0.307 e. The Morgan fingerprint density at radius 3 is 2.50 bits per heavy atom. The van der Waals surface area contributed by atoms with Crippen LogP contribution in [0.1, 0.15) is 19.3 Å². The number of benzene rings is 1. The van der Waals surface area contributed by atoms with Crippen molar-refractivity contribution in [3.63, 3.8) is 0 Å². The molecule has 3 aromatic rings. The molecule has 0 bridgehead atoms. The molecular weight excluding hydrogens is 300 g/mol. The summed E-state index contributed by atoms with van der Waals surface area (Å²) in [6, 6.07) is 9.56. The first-order chi connectivity index (χ1) is 12.4. The maximum atomic E-state index is 12.9. The van der Waals surface area contributed by atoms with Gasteiger partial charge < -0.3 is 4.57 Å². The summed E-state index contributed by atoms with van der Waals surface area (Å²) in [6.45, 7) is -4.32. The van der Waals surface area contributed by atoms with Crippen molar-refractivity contribution in [1.29, 1.82) is 0 Å². The Bertz CT molecular complexity index is 1180. The molecule has 0 saturated carbocycles. The van der Waals surface area contributed by atoms with Crippen LogP contribution in [0.4, 0.5) is 0 Å². The molecule has 2 heterocycles. The van der Waals surface area contributed by atoms with Crippen LogP contribution in [0.3, 0.4) is 0 Å². The lowest BCUT2D eigenvalue weighted by atomic mass is 10.2. The highest BCUT2D eigenvalue weighted by molar-refractivity contribution is 7.90. The second-order valence-corrected chi connectivity index (χ2v) is 6.63. The van der Waals surface area contributed by atoms with Crippen molar-refractivity contribution >= 4 is 21.1 Å². The molecule has 0 fully saturated rings. The number of nitrogens with zero attached hydrogens (tertiary/aromatic N) is 2. The Kier molecular flexibility index (Phi) is 2.25. The minimum absolute atomic E-state index is 0.00306. The molecule has 1 aromatic carbocycles. The van der Waals surface area contributed by atoms with Gasteiger partial charge in [0.25, 0.3) is 15.6 Å². The van der Waals surface area contributed by atoms with Gasteiger partial charge in [0.15, 0.2) is 0 Å². The Balaban J connectivity index is 2.30. The molecule has 22 heavy (non-hydrogen) atoms. The van der Waals surface area contributed by atoms with Gasteiger partial charge in [0.2, 0.25) is 0 Å². The summed E-state index contributed by atoms with van der Waals surface area (Å²) in [7, 11) is -4.01. The highest BCUT2D eigenvalue weighted by atomic mass is 32.2. The van der Waals surface area contributed by atoms with E-state index in [1.54, 1.807) is 12.1 Å². The Labute approximate surface area is 135 Å². The standard InChI is InChI=1S/C16H16N2O3S/c1-3-17-14-10-11-18(15(14)8-9-16(17)19)22(20,21)13-6-4-12(2)5-7-13/h4-11H,3H2,1-2H3/i1D3,3D2. The molecule has 5 nitrogen and oxygen atoms in total. The zero-order valence-electron chi connectivity index (χ0n) is 16.6. The second-order valence-electron chi connectivity index (χ2n) is 4.82. The first-order valence-corrected chi connectivity index (χ1v) is 7.87. The van der Waals surface area contributed by atoms with Crippen molar-refractivity contribution in [2.24, 2.45) is 0 Å². The van der Waals surface area contributed by atoms with Gasteiger partial charge in [-0.25, -0.2) is 12.4 Å². The predicted octanol–water partition coefficient (Wildman–Crippen LogP) is 2.37. The molecule has 0 spiro atoms. The van der Waals surface area contributed by atoms with E-state index in [2.05, 4.69) is 0 Å². The monoisotopic (exact) mass is 321 g/mol. The summed E-state index contributed by atoms with van der Waals surface area (Å²) < 4.78 is 65.2. The fourth-order valence-corrected chi connectivity index (χ4v) is 3.60. The van der Waals surface area contributed by atoms with E-state index in [0.717, 1.165) is 15.6 Å². The predicted molar refractivity (Wildman–Crippen MR) is 85.6 cm³/mol. The van der Waals surface area contributed by atoms with Gasteiger partial charge in [-0.3, -0.25) is 4.79 Å². The van der Waals surface area contributed by atoms with Crippen LogP contribution in [0.2, 0.25) is 0 Å². The number of pyridine rings is 1. The first kappa shape index (κ1) is 9.63. The third-order valence-electron chi connectivity index (χ3n) is 3.40. The summed E-state index contributed by atoms with van der Waals surface area (Å²) in [5.41, 5.74) is -0.122. The molecule has 0 aliphatic rings. The Hall–Kier alpha value is -2.34. The van der Waals surface area contributed by atoms with Gasteiger partial charge >= 0.3 is 0 Å². The molecule has 0 unspecified atom stereocenters. The molecule has 0 aliphatic carbocycles. The van der Waals surface area contributed by atoms with Crippen molar-refractivity contribution < 1.29 is 15.3 Å². The second kappa shape index (κ2) is 5.14. The molecule has 114 valence electrons. The molecule has 2 aromatic heterocycles. The molecule has 0 aliphatic heterocycles. The van der Waals surface area contributed by atoms with E-state index in [9.17, 15) is 13.2 Å². The summed E-state index contributed by atoms with van der Waals surface area (Å²) in [4.78, 5) is 12.2. The van der Waals surface area contributed by atoms with Crippen LogP contribution in [-0.2, 0) is 16.5 Å². The zero-order valence-corrected chi connectivity index (χ0v) is 12.5. The van der Waals surface area contributed by atoms with Crippen molar-refractivity contribution in [3.05, 3.63) is 64.6 Å². The molecule has 3 rings (SSSR count). The molecule has 6 heteroatoms. The third kappa shape index (κ3) is 2.16. The minimum Gasteiger partial charge on any atom is -0.307 e. The number of rotatable bonds is 3. The van der Waals surface area contributed by atoms with Crippen LogP contribution in [0.15, 0.2) is 58.4 Å². The Morgan fingerprint density at radius 2 is 1.82 bits per heavy atom. The molecule has 0 amide bonds. The van der Waals surface area contributed by atoms with Gasteiger partial charge in [-0.2, -0.15) is 0 Å². The summed E-state index contributed by atoms with van der Waals surface area (Å²) in [5.74, 6) is 0. The highest BCUT2D eigenvalue weighted by Gasteiger charge is 2.19. The zero-order chi connectivity index (χ0) is 20.2. The van der Waals surface area contributed by atoms with E-state index in [1.165, 1.54) is 30.5 Å². The van der Waals surface area contributed by atoms with Gasteiger partial charge in [-0.1, -0.05) is 17.7 Å². The summed E-state index contributed by atoms with van der Waals surface area (Å²) >= 11 is 0. The average Bonchev–Trinajstić information content (AvgIpc) is 2.98. The fraction of sp³-hybridized carbons (Fsp3) is 0.188. The van der Waals surface area contributed by atoms with Crippen molar-refractivity contribution in [3.8, 4) is 0 Å². The van der Waals surface area contributed by atoms with E-state index in [-0.39, 0.29) is 15.9 Å². The van der Waals surface area contributed by atoms with E-state index in [1.807, 2.05) is 6.92 Å². The van der Waals surface area contributed by atoms with E-state index in [0.29, 0.717) is 4.57 Å². The maximum absolute atomic E-state index is 12.9. The lowest BCUT2D eigenvalue weighted by Gasteiger charge is -2.09. The van der Waals surface area contributed by atoms with Crippen molar-refractivity contribution in [2.75, 3.05) is 0 Å². The molecule has 0 radical (unpaired) electrons. The van der Waals surface area contributed by atoms with Crippen LogP contribution in [-0.4, -0.2) is 17.0 Å². The van der Waals surface area contributed by atoms with Crippen LogP contribution in [0.25, 0.3) is 11.0 Å². The van der Waals surface area contributed by atoms with Gasteiger partial charge in [-0.15, -0.1) is 0 Å². The van der Waals surface area contributed by atoms with Crippen LogP contribution < -0.4 is 5.56 Å². The Morgan fingerprint density at radius 1 is 1.09 bits per heavy atom. The van der Waals surface area contributed by atoms with Crippen LogP contribution in [0, 0.1) is 6.92 Å². The van der Waals surface area contributed by atoms with Crippen LogP contribution in [0.5, 0.6) is 0 Å². The lowest BCUT2D eigenvalue weighted by Crippen LogP contribution is -2.19. The molecule has 0 N–H and O–H groups in total. The van der Waals surface area contributed by atoms with Crippen LogP contribution >= 0.6 is 0 Å². The highest BCUT2D eigenvalue weighted by Crippen LogP contribution is 2.21. The van der Waals surface area contributed by atoms with E-state index < -0.39 is 28.9 Å². The third-order valence-corrected chi connectivity index (χ3v) is 5.11. The number of hydrogen-bond acceptors (Lipinski definition) is 3. The number of aromatic nitrogens is 2.